The quantitative estimate of drug-likeness (QED) is 0.0938. The van der Waals surface area contributed by atoms with Gasteiger partial charge in [-0.2, -0.15) is 5.10 Å². The molecular formula is C47H64N4O13. The molecule has 17 heteroatoms. The average Bonchev–Trinajstić information content (AvgIpc) is 3.82. The molecule has 1 aliphatic carbocycles. The van der Waals surface area contributed by atoms with E-state index in [1.165, 1.54) is 59.4 Å². The summed E-state index contributed by atoms with van der Waals surface area (Å²) in [6, 6.07) is 0.280. The van der Waals surface area contributed by atoms with Gasteiger partial charge in [-0.25, -0.2) is 0 Å². The molecule has 0 spiro atoms. The van der Waals surface area contributed by atoms with Gasteiger partial charge in [-0.1, -0.05) is 45.9 Å². The highest BCUT2D eigenvalue weighted by molar-refractivity contribution is 6.23. The largest absolute Gasteiger partial charge is 0.507 e. The fraction of sp³-hybridized carbons (Fsp3) is 0.574. The van der Waals surface area contributed by atoms with Gasteiger partial charge in [-0.3, -0.25) is 24.3 Å². The molecule has 0 radical (unpaired) electrons. The number of allylic oxidation sites excluding steroid dienone is 2. The van der Waals surface area contributed by atoms with Crippen molar-refractivity contribution in [2.45, 2.75) is 117 Å². The number of aliphatic hydroxyl groups excluding tert-OH is 3. The van der Waals surface area contributed by atoms with Gasteiger partial charge in [0.2, 0.25) is 0 Å². The van der Waals surface area contributed by atoms with Crippen LogP contribution in [0, 0.1) is 30.6 Å². The fourth-order valence-electron chi connectivity index (χ4n) is 9.47. The number of esters is 1. The maximum Gasteiger partial charge on any atom is 0.312 e. The monoisotopic (exact) mass is 892 g/mol. The number of piperazine rings is 1. The molecule has 2 aromatic carbocycles. The van der Waals surface area contributed by atoms with E-state index in [-0.39, 0.29) is 56.6 Å². The SMILES string of the molecule is CO[C@H]1/C=C/O[C@@]2(C)Oc3c(C)c(O)c4c(O)c(c(/C=N/N5CCN(C6CCC(O)C6)CC5)c(O)c4c3C2=O)NC(=O)/C(C)=C\C=C\[C@H](C)[C@H](O)[C@@H](C)[C@@H](O)[C@@H](C)[C@H](OC(C)=O)[C@@H]1C. The molecular weight excluding hydrogens is 829 g/mol. The number of hydrogen-bond acceptors (Lipinski definition) is 16. The van der Waals surface area contributed by atoms with E-state index in [0.29, 0.717) is 32.6 Å². The number of amides is 1. The number of anilines is 1. The summed E-state index contributed by atoms with van der Waals surface area (Å²) >= 11 is 0. The maximum atomic E-state index is 14.5. The lowest BCUT2D eigenvalue weighted by Gasteiger charge is -2.38. The number of hydrazone groups is 1. The van der Waals surface area contributed by atoms with E-state index < -0.39 is 88.8 Å². The van der Waals surface area contributed by atoms with Crippen LogP contribution in [0.15, 0.2) is 41.2 Å². The van der Waals surface area contributed by atoms with Gasteiger partial charge >= 0.3 is 11.8 Å². The average molecular weight is 893 g/mol. The number of benzene rings is 2. The Balaban J connectivity index is 1.46. The summed E-state index contributed by atoms with van der Waals surface area (Å²) in [5.41, 5.74) is -0.411. The summed E-state index contributed by atoms with van der Waals surface area (Å²) in [7, 11) is 1.44. The Bertz CT molecular complexity index is 2230. The third-order valence-corrected chi connectivity index (χ3v) is 13.6. The van der Waals surface area contributed by atoms with E-state index in [4.69, 9.17) is 18.9 Å². The first-order valence-corrected chi connectivity index (χ1v) is 22.0. The number of fused-ring (bicyclic) bond motifs is 14. The molecule has 17 nitrogen and oxygen atoms in total. The van der Waals surface area contributed by atoms with Crippen molar-refractivity contribution in [3.8, 4) is 23.0 Å². The molecule has 1 saturated heterocycles. The minimum absolute atomic E-state index is 0.0469. The molecule has 4 heterocycles. The number of nitrogens with one attached hydrogen (secondary N) is 1. The van der Waals surface area contributed by atoms with Crippen LogP contribution in [0.2, 0.25) is 0 Å². The van der Waals surface area contributed by atoms with Crippen LogP contribution in [-0.4, -0.2) is 140 Å². The standard InChI is InChI=1S/C47H64N4O13/c1-23-11-10-12-24(2)46(60)49-37-32(22-48-51-18-16-50(17-19-51)30-13-14-31(53)21-30)41(57)34-35(42(37)58)40(56)28(6)44-36(34)45(59)47(8,64-44)62-20-15-33(61-9)25(3)43(63-29(7)52)27(5)39(55)26(4)38(23)54/h10-12,15,20,22-23,25-27,30-31,33,38-39,43,53-58H,13-14,16-19,21H2,1-9H3,(H,49,60)/b11-10+,20-15+,24-12-,48-22+/t23-,25+,26+,27+,30?,31?,33-,38-,39+,43+,47-/m0/s1. The summed E-state index contributed by atoms with van der Waals surface area (Å²) in [5.74, 6) is -8.47. The van der Waals surface area contributed by atoms with Gasteiger partial charge in [-0.05, 0) is 39.2 Å². The van der Waals surface area contributed by atoms with Crippen LogP contribution >= 0.6 is 0 Å². The number of phenols is 3. The van der Waals surface area contributed by atoms with Gasteiger partial charge in [0.1, 0.15) is 23.4 Å². The summed E-state index contributed by atoms with van der Waals surface area (Å²) in [4.78, 5) is 43.1. The van der Waals surface area contributed by atoms with E-state index in [9.17, 15) is 45.0 Å². The van der Waals surface area contributed by atoms with E-state index >= 15 is 0 Å². The van der Waals surface area contributed by atoms with Gasteiger partial charge < -0.3 is 54.9 Å². The zero-order valence-corrected chi connectivity index (χ0v) is 38.1. The van der Waals surface area contributed by atoms with E-state index in [1.807, 2.05) is 0 Å². The molecule has 0 aromatic heterocycles. The van der Waals surface area contributed by atoms with Crippen LogP contribution in [0.1, 0.15) is 89.2 Å². The zero-order chi connectivity index (χ0) is 46.9. The van der Waals surface area contributed by atoms with Gasteiger partial charge in [-0.15, -0.1) is 0 Å². The maximum absolute atomic E-state index is 14.5. The van der Waals surface area contributed by atoms with E-state index in [1.54, 1.807) is 44.9 Å². The molecule has 64 heavy (non-hydrogen) atoms. The molecule has 2 aromatic rings. The van der Waals surface area contributed by atoms with Crippen molar-refractivity contribution in [2.75, 3.05) is 38.6 Å². The van der Waals surface area contributed by atoms with E-state index in [0.717, 1.165) is 12.8 Å². The Hall–Kier alpha value is -5.20. The van der Waals surface area contributed by atoms with Crippen LogP contribution in [0.3, 0.4) is 0 Å². The number of aromatic hydroxyl groups is 3. The summed E-state index contributed by atoms with van der Waals surface area (Å²) in [6.07, 6.45) is 6.90. The Morgan fingerprint density at radius 2 is 1.61 bits per heavy atom. The predicted molar refractivity (Wildman–Crippen MR) is 238 cm³/mol. The van der Waals surface area contributed by atoms with Crippen molar-refractivity contribution in [2.24, 2.45) is 28.8 Å². The van der Waals surface area contributed by atoms with Crippen LogP contribution in [0.5, 0.6) is 23.0 Å². The number of hydrogen-bond donors (Lipinski definition) is 7. The number of aliphatic hydroxyl groups is 3. The molecule has 2 fully saturated rings. The lowest BCUT2D eigenvalue weighted by Crippen LogP contribution is -2.48. The van der Waals surface area contributed by atoms with Gasteiger partial charge in [0, 0.05) is 93.4 Å². The Kier molecular flexibility index (Phi) is 14.7. The van der Waals surface area contributed by atoms with Crippen molar-refractivity contribution in [1.29, 1.82) is 0 Å². The fourth-order valence-corrected chi connectivity index (χ4v) is 9.47. The molecule has 7 rings (SSSR count). The zero-order valence-electron chi connectivity index (χ0n) is 38.1. The highest BCUT2D eigenvalue weighted by atomic mass is 16.7. The summed E-state index contributed by atoms with van der Waals surface area (Å²) in [5, 5.41) is 77.5. The van der Waals surface area contributed by atoms with Crippen LogP contribution in [0.4, 0.5) is 5.69 Å². The molecule has 350 valence electrons. The van der Waals surface area contributed by atoms with E-state index in [2.05, 4.69) is 15.3 Å². The first kappa shape index (κ1) is 48.3. The Morgan fingerprint density at radius 3 is 2.23 bits per heavy atom. The third-order valence-electron chi connectivity index (χ3n) is 13.6. The highest BCUT2D eigenvalue weighted by Gasteiger charge is 2.50. The van der Waals surface area contributed by atoms with Crippen LogP contribution in [-0.2, 0) is 23.8 Å². The number of ketones is 1. The number of phenolic OH excluding ortho intramolecular Hbond substituents is 3. The number of Topliss-reactive ketones (excluding diaryl/α,β-unsaturated/α-hetero) is 1. The van der Waals surface area contributed by atoms with Crippen LogP contribution < -0.4 is 10.1 Å². The number of carbonyl (C=O) groups is 3. The molecule has 4 aliphatic heterocycles. The van der Waals surface area contributed by atoms with Gasteiger partial charge in [0.05, 0.1) is 59.1 Å². The molecule has 7 N–H and O–H groups in total. The first-order chi connectivity index (χ1) is 30.2. The van der Waals surface area contributed by atoms with Crippen molar-refractivity contribution < 1.29 is 64.0 Å². The summed E-state index contributed by atoms with van der Waals surface area (Å²) in [6.45, 7) is 14.9. The highest BCUT2D eigenvalue weighted by Crippen LogP contribution is 2.55. The number of methoxy groups -OCH3 is 1. The third kappa shape index (κ3) is 9.45. The Labute approximate surface area is 373 Å². The Morgan fingerprint density at radius 1 is 0.922 bits per heavy atom. The van der Waals surface area contributed by atoms with Gasteiger partial charge in [0.25, 0.3) is 11.7 Å². The molecule has 1 amide bonds. The summed E-state index contributed by atoms with van der Waals surface area (Å²) < 4.78 is 23.7. The number of ether oxygens (including phenoxy) is 4. The lowest BCUT2D eigenvalue weighted by atomic mass is 9.78. The van der Waals surface area contributed by atoms with Crippen molar-refractivity contribution in [1.82, 2.24) is 9.91 Å². The molecule has 1 saturated carbocycles. The minimum Gasteiger partial charge on any atom is -0.507 e. The number of rotatable bonds is 5. The second-order valence-electron chi connectivity index (χ2n) is 18.0. The first-order valence-electron chi connectivity index (χ1n) is 22.0. The topological polar surface area (TPSA) is 240 Å². The minimum atomic E-state index is -2.06. The lowest BCUT2D eigenvalue weighted by molar-refractivity contribution is -0.160. The smallest absolute Gasteiger partial charge is 0.312 e. The van der Waals surface area contributed by atoms with Crippen molar-refractivity contribution in [3.05, 3.63) is 52.8 Å². The van der Waals surface area contributed by atoms with Gasteiger partial charge in [0.15, 0.2) is 5.75 Å². The second-order valence-corrected chi connectivity index (χ2v) is 18.0. The number of nitrogens with zero attached hydrogens (tertiary/aromatic N) is 3. The second kappa shape index (κ2) is 19.5. The van der Waals surface area contributed by atoms with Crippen LogP contribution in [0.25, 0.3) is 10.8 Å². The molecule has 5 aliphatic rings. The van der Waals surface area contributed by atoms with Crippen molar-refractivity contribution in [3.63, 3.8) is 0 Å². The molecule has 11 atom stereocenters. The molecule has 2 unspecified atom stereocenters. The molecule has 5 bridgehead atoms. The normalized spacial score (nSPS) is 34.1. The predicted octanol–water partition coefficient (Wildman–Crippen LogP) is 4.62. The number of carbonyl (C=O) groups excluding carboxylic acids is 3. The van der Waals surface area contributed by atoms with Crippen molar-refractivity contribution >= 4 is 40.3 Å².